The van der Waals surface area contributed by atoms with Gasteiger partial charge in [0.25, 0.3) is 0 Å². The van der Waals surface area contributed by atoms with E-state index in [0.29, 0.717) is 0 Å². The molecular formula is C16H24OS. The van der Waals surface area contributed by atoms with Crippen LogP contribution < -0.4 is 4.74 Å². The summed E-state index contributed by atoms with van der Waals surface area (Å²) in [4.78, 5) is 1.36. The summed E-state index contributed by atoms with van der Waals surface area (Å²) in [7, 11) is 0. The predicted octanol–water partition coefficient (Wildman–Crippen LogP) is 5.15. The van der Waals surface area contributed by atoms with Crippen molar-refractivity contribution >= 4 is 11.8 Å². The smallest absolute Gasteiger partial charge is 0.120 e. The van der Waals surface area contributed by atoms with Crippen molar-refractivity contribution in [2.75, 3.05) is 12.4 Å². The van der Waals surface area contributed by atoms with Crippen molar-refractivity contribution in [1.82, 2.24) is 0 Å². The summed E-state index contributed by atoms with van der Waals surface area (Å²) in [6.45, 7) is 2.96. The van der Waals surface area contributed by atoms with E-state index < -0.39 is 0 Å². The fourth-order valence-corrected chi connectivity index (χ4v) is 3.58. The van der Waals surface area contributed by atoms with Crippen LogP contribution in [0.3, 0.4) is 0 Å². The molecule has 1 aliphatic rings. The van der Waals surface area contributed by atoms with E-state index in [9.17, 15) is 0 Å². The maximum absolute atomic E-state index is 5.67. The molecule has 1 aromatic carbocycles. The largest absolute Gasteiger partial charge is 0.494 e. The molecule has 0 unspecified atom stereocenters. The molecular weight excluding hydrogens is 240 g/mol. The number of benzene rings is 1. The van der Waals surface area contributed by atoms with Gasteiger partial charge in [0, 0.05) is 10.6 Å². The molecule has 0 aromatic heterocycles. The molecule has 0 aliphatic heterocycles. The van der Waals surface area contributed by atoms with Gasteiger partial charge in [-0.2, -0.15) is 0 Å². The fourth-order valence-electron chi connectivity index (χ4n) is 2.44. The Kier molecular flexibility index (Phi) is 5.92. The summed E-state index contributed by atoms with van der Waals surface area (Å²) in [5.41, 5.74) is 0. The van der Waals surface area contributed by atoms with Crippen LogP contribution in [-0.2, 0) is 0 Å². The summed E-state index contributed by atoms with van der Waals surface area (Å²) in [6, 6.07) is 8.55. The first-order valence-electron chi connectivity index (χ1n) is 7.24. The zero-order valence-electron chi connectivity index (χ0n) is 11.4. The first-order chi connectivity index (χ1) is 8.88. The zero-order valence-corrected chi connectivity index (χ0v) is 12.2. The number of hydrogen-bond donors (Lipinski definition) is 0. The molecule has 1 aliphatic carbocycles. The van der Waals surface area contributed by atoms with Crippen LogP contribution in [-0.4, -0.2) is 12.4 Å². The van der Waals surface area contributed by atoms with E-state index in [1.165, 1.54) is 42.8 Å². The Morgan fingerprint density at radius 1 is 1.22 bits per heavy atom. The Labute approximate surface area is 115 Å². The maximum Gasteiger partial charge on any atom is 0.120 e. The molecule has 0 atom stereocenters. The molecule has 100 valence electrons. The highest BCUT2D eigenvalue weighted by Gasteiger charge is 2.13. The molecule has 1 saturated carbocycles. The van der Waals surface area contributed by atoms with E-state index in [1.54, 1.807) is 0 Å². The third-order valence-corrected chi connectivity index (χ3v) is 4.71. The summed E-state index contributed by atoms with van der Waals surface area (Å²) in [5, 5.41) is 0. The SMILES string of the molecule is CCCOc1cccc(SCC2CCCCC2)c1. The highest BCUT2D eigenvalue weighted by molar-refractivity contribution is 7.99. The minimum atomic E-state index is 0.816. The van der Waals surface area contributed by atoms with Gasteiger partial charge in [0.05, 0.1) is 6.61 Å². The Morgan fingerprint density at radius 3 is 2.83 bits per heavy atom. The second kappa shape index (κ2) is 7.73. The highest BCUT2D eigenvalue weighted by atomic mass is 32.2. The number of ether oxygens (including phenoxy) is 1. The molecule has 2 heteroatoms. The zero-order chi connectivity index (χ0) is 12.6. The molecule has 1 aromatic rings. The molecule has 1 nitrogen and oxygen atoms in total. The van der Waals surface area contributed by atoms with E-state index in [0.717, 1.165) is 24.7 Å². The van der Waals surface area contributed by atoms with E-state index in [2.05, 4.69) is 31.2 Å². The van der Waals surface area contributed by atoms with Crippen molar-refractivity contribution in [1.29, 1.82) is 0 Å². The van der Waals surface area contributed by atoms with Crippen molar-refractivity contribution in [3.8, 4) is 5.75 Å². The Morgan fingerprint density at radius 2 is 2.06 bits per heavy atom. The summed E-state index contributed by atoms with van der Waals surface area (Å²) >= 11 is 1.99. The quantitative estimate of drug-likeness (QED) is 0.657. The monoisotopic (exact) mass is 264 g/mol. The molecule has 0 saturated heterocycles. The second-order valence-electron chi connectivity index (χ2n) is 5.14. The van der Waals surface area contributed by atoms with Crippen LogP contribution >= 0.6 is 11.8 Å². The van der Waals surface area contributed by atoms with Crippen molar-refractivity contribution in [3.05, 3.63) is 24.3 Å². The van der Waals surface area contributed by atoms with Crippen LogP contribution in [0.15, 0.2) is 29.2 Å². The van der Waals surface area contributed by atoms with Gasteiger partial charge in [0.2, 0.25) is 0 Å². The lowest BCUT2D eigenvalue weighted by Crippen LogP contribution is -2.08. The molecule has 0 amide bonds. The van der Waals surface area contributed by atoms with E-state index in [4.69, 9.17) is 4.74 Å². The average Bonchev–Trinajstić information content (AvgIpc) is 2.44. The summed E-state index contributed by atoms with van der Waals surface area (Å²) < 4.78 is 5.67. The number of hydrogen-bond acceptors (Lipinski definition) is 2. The second-order valence-corrected chi connectivity index (χ2v) is 6.23. The van der Waals surface area contributed by atoms with Gasteiger partial charge >= 0.3 is 0 Å². The molecule has 0 bridgehead atoms. The molecule has 0 radical (unpaired) electrons. The van der Waals surface area contributed by atoms with E-state index >= 15 is 0 Å². The minimum Gasteiger partial charge on any atom is -0.494 e. The predicted molar refractivity (Wildman–Crippen MR) is 79.5 cm³/mol. The van der Waals surface area contributed by atoms with Crippen molar-refractivity contribution in [2.45, 2.75) is 50.3 Å². The van der Waals surface area contributed by atoms with Crippen LogP contribution in [0.2, 0.25) is 0 Å². The Balaban J connectivity index is 1.80. The van der Waals surface area contributed by atoms with Gasteiger partial charge in [-0.05, 0) is 43.4 Å². The van der Waals surface area contributed by atoms with Crippen LogP contribution in [0.25, 0.3) is 0 Å². The summed E-state index contributed by atoms with van der Waals surface area (Å²) in [6.07, 6.45) is 8.24. The van der Waals surface area contributed by atoms with Crippen molar-refractivity contribution in [2.24, 2.45) is 5.92 Å². The van der Waals surface area contributed by atoms with Gasteiger partial charge in [0.15, 0.2) is 0 Å². The van der Waals surface area contributed by atoms with Crippen LogP contribution in [0.4, 0.5) is 0 Å². The third-order valence-electron chi connectivity index (χ3n) is 3.49. The lowest BCUT2D eigenvalue weighted by molar-refractivity contribution is 0.316. The Hall–Kier alpha value is -0.630. The summed E-state index contributed by atoms with van der Waals surface area (Å²) in [5.74, 6) is 3.23. The highest BCUT2D eigenvalue weighted by Crippen LogP contribution is 2.31. The average molecular weight is 264 g/mol. The van der Waals surface area contributed by atoms with Crippen LogP contribution in [0, 0.1) is 5.92 Å². The van der Waals surface area contributed by atoms with Crippen LogP contribution in [0.5, 0.6) is 5.75 Å². The third kappa shape index (κ3) is 4.56. The van der Waals surface area contributed by atoms with E-state index in [1.807, 2.05) is 11.8 Å². The molecule has 0 heterocycles. The molecule has 1 fully saturated rings. The van der Waals surface area contributed by atoms with Gasteiger partial charge in [-0.3, -0.25) is 0 Å². The van der Waals surface area contributed by atoms with Crippen LogP contribution in [0.1, 0.15) is 45.4 Å². The Bertz CT molecular complexity index is 345. The molecule has 2 rings (SSSR count). The molecule has 0 N–H and O–H groups in total. The van der Waals surface area contributed by atoms with Gasteiger partial charge in [-0.25, -0.2) is 0 Å². The van der Waals surface area contributed by atoms with Gasteiger partial charge in [-0.1, -0.05) is 32.3 Å². The minimum absolute atomic E-state index is 0.816. The lowest BCUT2D eigenvalue weighted by atomic mass is 9.91. The van der Waals surface area contributed by atoms with Gasteiger partial charge < -0.3 is 4.74 Å². The maximum atomic E-state index is 5.67. The van der Waals surface area contributed by atoms with Crippen molar-refractivity contribution in [3.63, 3.8) is 0 Å². The lowest BCUT2D eigenvalue weighted by Gasteiger charge is -2.21. The van der Waals surface area contributed by atoms with Gasteiger partial charge in [-0.15, -0.1) is 11.8 Å². The standard InChI is InChI=1S/C16H24OS/c1-2-11-17-15-9-6-10-16(12-15)18-13-14-7-4-3-5-8-14/h6,9-10,12,14H,2-5,7-8,11,13H2,1H3. The van der Waals surface area contributed by atoms with Gasteiger partial charge in [0.1, 0.15) is 5.75 Å². The molecule has 18 heavy (non-hydrogen) atoms. The first-order valence-corrected chi connectivity index (χ1v) is 8.22. The number of rotatable bonds is 6. The van der Waals surface area contributed by atoms with E-state index in [-0.39, 0.29) is 0 Å². The topological polar surface area (TPSA) is 9.23 Å². The fraction of sp³-hybridized carbons (Fsp3) is 0.625. The number of thioether (sulfide) groups is 1. The normalized spacial score (nSPS) is 16.7. The van der Waals surface area contributed by atoms with Crippen molar-refractivity contribution < 1.29 is 4.74 Å². The first kappa shape index (κ1) is 13.8. The molecule has 0 spiro atoms.